The van der Waals surface area contributed by atoms with Crippen molar-refractivity contribution < 1.29 is 18.8 Å². The van der Waals surface area contributed by atoms with Gasteiger partial charge in [0.1, 0.15) is 31.1 Å². The fourth-order valence-corrected chi connectivity index (χ4v) is 2.84. The van der Waals surface area contributed by atoms with Crippen molar-refractivity contribution in [1.82, 2.24) is 0 Å². The van der Waals surface area contributed by atoms with E-state index in [0.29, 0.717) is 5.02 Å². The molecule has 0 saturated carbocycles. The first-order valence-corrected chi connectivity index (χ1v) is 7.50. The van der Waals surface area contributed by atoms with E-state index in [4.69, 9.17) is 16.3 Å². The SMILES string of the molecule is C[C@H]1C[NH+]([C@@H](C)C(=O)Nc2ccc(Cl)cc2F)C[C@H](C)O1. The predicted molar refractivity (Wildman–Crippen MR) is 80.2 cm³/mol. The van der Waals surface area contributed by atoms with E-state index in [-0.39, 0.29) is 29.8 Å². The first-order chi connectivity index (χ1) is 9.86. The van der Waals surface area contributed by atoms with Crippen molar-refractivity contribution in [1.29, 1.82) is 0 Å². The second kappa shape index (κ2) is 6.73. The van der Waals surface area contributed by atoms with Crippen LogP contribution in [-0.2, 0) is 9.53 Å². The summed E-state index contributed by atoms with van der Waals surface area (Å²) in [6.07, 6.45) is 0.234. The standard InChI is InChI=1S/C15H20ClFN2O2/c1-9-7-19(8-10(2)21-9)11(3)15(20)18-14-5-4-12(16)6-13(14)17/h4-6,9-11H,7-8H2,1-3H3,(H,18,20)/p+1/t9-,10-,11-/m0/s1. The summed E-state index contributed by atoms with van der Waals surface area (Å²) in [6, 6.07) is 3.95. The lowest BCUT2D eigenvalue weighted by molar-refractivity contribution is -0.928. The summed E-state index contributed by atoms with van der Waals surface area (Å²) in [5.74, 6) is -0.728. The molecule has 1 aliphatic rings. The third kappa shape index (κ3) is 4.15. The molecule has 0 radical (unpaired) electrons. The van der Waals surface area contributed by atoms with Crippen LogP contribution in [0.25, 0.3) is 0 Å². The van der Waals surface area contributed by atoms with Gasteiger partial charge in [-0.1, -0.05) is 11.6 Å². The quantitative estimate of drug-likeness (QED) is 0.887. The third-order valence-electron chi connectivity index (χ3n) is 3.76. The minimum atomic E-state index is -0.526. The Hall–Kier alpha value is -1.17. The number of hydrogen-bond donors (Lipinski definition) is 2. The molecule has 0 aliphatic carbocycles. The normalized spacial score (nSPS) is 27.2. The molecular weight excluding hydrogens is 295 g/mol. The maximum Gasteiger partial charge on any atom is 0.282 e. The molecule has 2 N–H and O–H groups in total. The van der Waals surface area contributed by atoms with Gasteiger partial charge in [-0.15, -0.1) is 0 Å². The lowest BCUT2D eigenvalue weighted by Gasteiger charge is -2.35. The molecule has 116 valence electrons. The van der Waals surface area contributed by atoms with E-state index in [0.717, 1.165) is 18.0 Å². The molecule has 1 amide bonds. The molecular formula is C15H21ClFN2O2+. The highest BCUT2D eigenvalue weighted by atomic mass is 35.5. The van der Waals surface area contributed by atoms with Crippen molar-refractivity contribution in [3.05, 3.63) is 29.0 Å². The highest BCUT2D eigenvalue weighted by molar-refractivity contribution is 6.30. The Morgan fingerprint density at radius 2 is 2.05 bits per heavy atom. The van der Waals surface area contributed by atoms with Gasteiger partial charge in [0.05, 0.1) is 5.69 Å². The van der Waals surface area contributed by atoms with Crippen LogP contribution in [0.2, 0.25) is 5.02 Å². The number of carbonyl (C=O) groups excluding carboxylic acids is 1. The molecule has 0 unspecified atom stereocenters. The molecule has 1 fully saturated rings. The summed E-state index contributed by atoms with van der Waals surface area (Å²) in [5.41, 5.74) is 0.157. The number of morpholine rings is 1. The lowest BCUT2D eigenvalue weighted by atomic mass is 10.1. The third-order valence-corrected chi connectivity index (χ3v) is 3.99. The van der Waals surface area contributed by atoms with E-state index in [9.17, 15) is 9.18 Å². The molecule has 6 heteroatoms. The fraction of sp³-hybridized carbons (Fsp3) is 0.533. The minimum absolute atomic E-state index is 0.117. The number of benzene rings is 1. The van der Waals surface area contributed by atoms with Crippen molar-refractivity contribution >= 4 is 23.2 Å². The van der Waals surface area contributed by atoms with Crippen LogP contribution in [0, 0.1) is 5.82 Å². The average Bonchev–Trinajstić information content (AvgIpc) is 2.40. The number of quaternary nitrogens is 1. The van der Waals surface area contributed by atoms with Gasteiger partial charge < -0.3 is 15.0 Å². The van der Waals surface area contributed by atoms with Crippen LogP contribution in [0.15, 0.2) is 18.2 Å². The van der Waals surface area contributed by atoms with Crippen LogP contribution < -0.4 is 10.2 Å². The Balaban J connectivity index is 2.02. The van der Waals surface area contributed by atoms with Gasteiger partial charge in [-0.25, -0.2) is 4.39 Å². The number of rotatable bonds is 3. The van der Waals surface area contributed by atoms with Crippen molar-refractivity contribution in [2.45, 2.75) is 39.0 Å². The summed E-state index contributed by atoms with van der Waals surface area (Å²) in [4.78, 5) is 13.4. The van der Waals surface area contributed by atoms with Crippen LogP contribution in [-0.4, -0.2) is 37.2 Å². The molecule has 3 atom stereocenters. The maximum absolute atomic E-state index is 13.7. The van der Waals surface area contributed by atoms with Crippen LogP contribution in [0.4, 0.5) is 10.1 Å². The summed E-state index contributed by atoms with van der Waals surface area (Å²) < 4.78 is 19.4. The molecule has 1 heterocycles. The van der Waals surface area contributed by atoms with Gasteiger partial charge in [0.25, 0.3) is 5.91 Å². The average molecular weight is 316 g/mol. The van der Waals surface area contributed by atoms with Crippen LogP contribution in [0.1, 0.15) is 20.8 Å². The smallest absolute Gasteiger partial charge is 0.282 e. The van der Waals surface area contributed by atoms with Gasteiger partial charge in [0, 0.05) is 5.02 Å². The lowest BCUT2D eigenvalue weighted by Crippen LogP contribution is -3.19. The Labute approximate surface area is 129 Å². The molecule has 21 heavy (non-hydrogen) atoms. The number of ether oxygens (including phenoxy) is 1. The number of carbonyl (C=O) groups is 1. The van der Waals surface area contributed by atoms with Crippen molar-refractivity contribution in [3.63, 3.8) is 0 Å². The Morgan fingerprint density at radius 3 is 2.62 bits per heavy atom. The summed E-state index contributed by atoms with van der Waals surface area (Å²) in [6.45, 7) is 7.38. The molecule has 0 aromatic heterocycles. The Kier molecular flexibility index (Phi) is 5.19. The number of amides is 1. The first-order valence-electron chi connectivity index (χ1n) is 7.12. The highest BCUT2D eigenvalue weighted by Gasteiger charge is 2.33. The largest absolute Gasteiger partial charge is 0.364 e. The zero-order chi connectivity index (χ0) is 15.6. The second-order valence-electron chi connectivity index (χ2n) is 5.66. The second-order valence-corrected chi connectivity index (χ2v) is 6.10. The summed E-state index contributed by atoms with van der Waals surface area (Å²) >= 11 is 5.70. The molecule has 1 aromatic rings. The summed E-state index contributed by atoms with van der Waals surface area (Å²) in [7, 11) is 0. The zero-order valence-electron chi connectivity index (χ0n) is 12.5. The van der Waals surface area contributed by atoms with Gasteiger partial charge >= 0.3 is 0 Å². The van der Waals surface area contributed by atoms with Gasteiger partial charge in [-0.05, 0) is 39.0 Å². The predicted octanol–water partition coefficient (Wildman–Crippen LogP) is 1.50. The zero-order valence-corrected chi connectivity index (χ0v) is 13.2. The minimum Gasteiger partial charge on any atom is -0.364 e. The van der Waals surface area contributed by atoms with E-state index in [1.165, 1.54) is 12.1 Å². The Bertz CT molecular complexity index is 516. The monoisotopic (exact) mass is 315 g/mol. The molecule has 1 aromatic carbocycles. The van der Waals surface area contributed by atoms with E-state index in [2.05, 4.69) is 5.32 Å². The maximum atomic E-state index is 13.7. The number of halogens is 2. The first kappa shape index (κ1) is 16.2. The van der Waals surface area contributed by atoms with Gasteiger partial charge in [0.15, 0.2) is 6.04 Å². The Morgan fingerprint density at radius 1 is 1.43 bits per heavy atom. The molecule has 1 saturated heterocycles. The van der Waals surface area contributed by atoms with E-state index >= 15 is 0 Å². The van der Waals surface area contributed by atoms with Crippen molar-refractivity contribution in [2.75, 3.05) is 18.4 Å². The van der Waals surface area contributed by atoms with Crippen LogP contribution in [0.3, 0.4) is 0 Å². The van der Waals surface area contributed by atoms with Crippen molar-refractivity contribution in [3.8, 4) is 0 Å². The van der Waals surface area contributed by atoms with Crippen LogP contribution >= 0.6 is 11.6 Å². The molecule has 0 spiro atoms. The van der Waals surface area contributed by atoms with Crippen LogP contribution in [0.5, 0.6) is 0 Å². The topological polar surface area (TPSA) is 42.8 Å². The van der Waals surface area contributed by atoms with E-state index < -0.39 is 5.82 Å². The van der Waals surface area contributed by atoms with Gasteiger partial charge in [0.2, 0.25) is 0 Å². The molecule has 4 nitrogen and oxygen atoms in total. The van der Waals surface area contributed by atoms with E-state index in [1.54, 1.807) is 6.07 Å². The summed E-state index contributed by atoms with van der Waals surface area (Å²) in [5, 5.41) is 2.94. The van der Waals surface area contributed by atoms with Gasteiger partial charge in [-0.3, -0.25) is 4.79 Å². The van der Waals surface area contributed by atoms with Gasteiger partial charge in [-0.2, -0.15) is 0 Å². The number of hydrogen-bond acceptors (Lipinski definition) is 2. The molecule has 2 rings (SSSR count). The highest BCUT2D eigenvalue weighted by Crippen LogP contribution is 2.18. The fourth-order valence-electron chi connectivity index (χ4n) is 2.69. The molecule has 0 bridgehead atoms. The molecule has 1 aliphatic heterocycles. The van der Waals surface area contributed by atoms with E-state index in [1.807, 2.05) is 20.8 Å². The number of nitrogens with one attached hydrogen (secondary N) is 2. The van der Waals surface area contributed by atoms with Crippen molar-refractivity contribution in [2.24, 2.45) is 0 Å². The number of anilines is 1.